The smallest absolute Gasteiger partial charge is 0.314 e. The van der Waals surface area contributed by atoms with E-state index in [1.807, 2.05) is 4.90 Å². The van der Waals surface area contributed by atoms with Crippen LogP contribution in [-0.4, -0.2) is 50.1 Å². The zero-order chi connectivity index (χ0) is 11.3. The van der Waals surface area contributed by atoms with E-state index < -0.39 is 5.92 Å². The van der Waals surface area contributed by atoms with Crippen molar-refractivity contribution in [2.24, 2.45) is 0 Å². The minimum atomic E-state index is -2.50. The number of amides is 2. The molecule has 0 saturated carbocycles. The maximum Gasteiger partial charge on any atom is 0.314 e. The van der Waals surface area contributed by atoms with Crippen molar-refractivity contribution in [2.45, 2.75) is 18.8 Å². The molecule has 0 unspecified atom stereocenters. The topological polar surface area (TPSA) is 44.4 Å². The third-order valence-electron chi connectivity index (χ3n) is 2.53. The molecule has 1 rings (SSSR count). The summed E-state index contributed by atoms with van der Waals surface area (Å²) in [6.07, 6.45) is -0.153. The second kappa shape index (κ2) is 5.25. The van der Waals surface area contributed by atoms with Crippen LogP contribution in [0.15, 0.2) is 0 Å². The molecule has 1 aliphatic heterocycles. The molecular formula is C9H17F2N3O. The highest BCUT2D eigenvalue weighted by Crippen LogP contribution is 2.27. The first-order valence-electron chi connectivity index (χ1n) is 5.09. The molecule has 2 N–H and O–H groups in total. The molecule has 6 heteroatoms. The average molecular weight is 221 g/mol. The Bertz CT molecular complexity index is 213. The van der Waals surface area contributed by atoms with E-state index in [0.29, 0.717) is 26.2 Å². The number of urea groups is 1. The van der Waals surface area contributed by atoms with E-state index in [2.05, 4.69) is 10.6 Å². The number of likely N-dealkylation sites (tertiary alicyclic amines) is 1. The van der Waals surface area contributed by atoms with Gasteiger partial charge < -0.3 is 15.5 Å². The summed E-state index contributed by atoms with van der Waals surface area (Å²) in [6, 6.07) is -0.239. The van der Waals surface area contributed by atoms with Gasteiger partial charge in [-0.25, -0.2) is 13.6 Å². The maximum absolute atomic E-state index is 12.8. The van der Waals surface area contributed by atoms with Gasteiger partial charge in [0.15, 0.2) is 0 Å². The maximum atomic E-state index is 12.8. The van der Waals surface area contributed by atoms with Crippen molar-refractivity contribution in [3.8, 4) is 0 Å². The highest BCUT2D eigenvalue weighted by molar-refractivity contribution is 5.73. The Labute approximate surface area is 88.0 Å². The van der Waals surface area contributed by atoms with Crippen LogP contribution in [0, 0.1) is 0 Å². The van der Waals surface area contributed by atoms with Crippen molar-refractivity contribution < 1.29 is 13.6 Å². The van der Waals surface area contributed by atoms with Gasteiger partial charge >= 0.3 is 6.03 Å². The van der Waals surface area contributed by atoms with E-state index >= 15 is 0 Å². The van der Waals surface area contributed by atoms with E-state index in [4.69, 9.17) is 0 Å². The fraction of sp³-hybridized carbons (Fsp3) is 0.889. The first-order valence-corrected chi connectivity index (χ1v) is 5.09. The van der Waals surface area contributed by atoms with Crippen LogP contribution < -0.4 is 10.6 Å². The van der Waals surface area contributed by atoms with Gasteiger partial charge in [0, 0.05) is 46.1 Å². The molecule has 1 fully saturated rings. The van der Waals surface area contributed by atoms with Crippen molar-refractivity contribution in [2.75, 3.05) is 33.2 Å². The van der Waals surface area contributed by atoms with Gasteiger partial charge in [0.1, 0.15) is 0 Å². The summed E-state index contributed by atoms with van der Waals surface area (Å²) in [5.74, 6) is -2.50. The summed E-state index contributed by atoms with van der Waals surface area (Å²) >= 11 is 0. The van der Waals surface area contributed by atoms with Crippen molar-refractivity contribution in [1.29, 1.82) is 0 Å². The third kappa shape index (κ3) is 4.42. The largest absolute Gasteiger partial charge is 0.341 e. The quantitative estimate of drug-likeness (QED) is 0.734. The zero-order valence-corrected chi connectivity index (χ0v) is 8.85. The van der Waals surface area contributed by atoms with Crippen molar-refractivity contribution in [3.63, 3.8) is 0 Å². The number of nitrogens with one attached hydrogen (secondary N) is 2. The number of carbonyl (C=O) groups excluding carboxylic acids is 1. The first kappa shape index (κ1) is 12.2. The molecule has 0 radical (unpaired) electrons. The summed E-state index contributed by atoms with van der Waals surface area (Å²) < 4.78 is 25.6. The van der Waals surface area contributed by atoms with Crippen LogP contribution in [0.5, 0.6) is 0 Å². The Kier molecular flexibility index (Phi) is 4.26. The molecule has 0 aromatic rings. The van der Waals surface area contributed by atoms with Crippen LogP contribution in [0.3, 0.4) is 0 Å². The molecule has 0 aliphatic carbocycles. The lowest BCUT2D eigenvalue weighted by Crippen LogP contribution is -2.44. The summed E-state index contributed by atoms with van der Waals surface area (Å²) in [7, 11) is 1.54. The lowest BCUT2D eigenvalue weighted by molar-refractivity contribution is -0.0546. The van der Waals surface area contributed by atoms with Gasteiger partial charge in [0.05, 0.1) is 0 Å². The predicted molar refractivity (Wildman–Crippen MR) is 53.1 cm³/mol. The molecule has 0 aromatic carbocycles. The number of rotatable bonds is 3. The molecule has 0 atom stereocenters. The van der Waals surface area contributed by atoms with Crippen molar-refractivity contribution in [1.82, 2.24) is 15.5 Å². The van der Waals surface area contributed by atoms with Gasteiger partial charge in [-0.1, -0.05) is 0 Å². The number of carbonyl (C=O) groups is 1. The van der Waals surface area contributed by atoms with Crippen LogP contribution in [0.2, 0.25) is 0 Å². The minimum Gasteiger partial charge on any atom is -0.341 e. The molecule has 0 spiro atoms. The number of alkyl halides is 2. The Morgan fingerprint density at radius 1 is 1.40 bits per heavy atom. The predicted octanol–water partition coefficient (Wildman–Crippen LogP) is 0.646. The fourth-order valence-corrected chi connectivity index (χ4v) is 1.52. The Morgan fingerprint density at radius 2 is 2.00 bits per heavy atom. The zero-order valence-electron chi connectivity index (χ0n) is 8.85. The molecule has 0 bridgehead atoms. The minimum absolute atomic E-state index is 0.0764. The summed E-state index contributed by atoms with van der Waals surface area (Å²) in [5.41, 5.74) is 0. The highest BCUT2D eigenvalue weighted by atomic mass is 19.3. The second-order valence-corrected chi connectivity index (χ2v) is 3.70. The van der Waals surface area contributed by atoms with E-state index in [0.717, 1.165) is 0 Å². The van der Waals surface area contributed by atoms with Crippen molar-refractivity contribution in [3.05, 3.63) is 0 Å². The number of nitrogens with zero attached hydrogens (tertiary/aromatic N) is 1. The molecule has 1 heterocycles. The fourth-order valence-electron chi connectivity index (χ4n) is 1.52. The van der Waals surface area contributed by atoms with Gasteiger partial charge in [-0.3, -0.25) is 0 Å². The third-order valence-corrected chi connectivity index (χ3v) is 2.53. The lowest BCUT2D eigenvalue weighted by atomic mass is 10.1. The van der Waals surface area contributed by atoms with E-state index in [-0.39, 0.29) is 18.9 Å². The van der Waals surface area contributed by atoms with E-state index in [9.17, 15) is 13.6 Å². The van der Waals surface area contributed by atoms with Gasteiger partial charge in [-0.05, 0) is 0 Å². The normalized spacial score (nSPS) is 21.0. The van der Waals surface area contributed by atoms with Gasteiger partial charge in [0.25, 0.3) is 5.92 Å². The Balaban J connectivity index is 2.11. The van der Waals surface area contributed by atoms with Crippen LogP contribution in [0.25, 0.3) is 0 Å². The second-order valence-electron chi connectivity index (χ2n) is 3.70. The average Bonchev–Trinajstić information content (AvgIpc) is 2.20. The number of piperidine rings is 1. The summed E-state index contributed by atoms with van der Waals surface area (Å²) in [5, 5.41) is 5.05. The summed E-state index contributed by atoms with van der Waals surface area (Å²) in [4.78, 5) is 12.7. The lowest BCUT2D eigenvalue weighted by Gasteiger charge is -2.31. The molecule has 15 heavy (non-hydrogen) atoms. The molecule has 1 aliphatic rings. The Hall–Kier alpha value is -0.910. The Morgan fingerprint density at radius 3 is 2.53 bits per heavy atom. The molecule has 4 nitrogen and oxygen atoms in total. The van der Waals surface area contributed by atoms with E-state index in [1.54, 1.807) is 0 Å². The van der Waals surface area contributed by atoms with Crippen LogP contribution in [0.4, 0.5) is 13.6 Å². The SMILES string of the molecule is CNC(=O)NCCN1CCC(F)(F)CC1. The van der Waals surface area contributed by atoms with Gasteiger partial charge in [-0.15, -0.1) is 0 Å². The molecule has 1 saturated heterocycles. The standard InChI is InChI=1S/C9H17F2N3O/c1-12-8(15)13-4-7-14-5-2-9(10,11)3-6-14/h2-7H2,1H3,(H2,12,13,15). The van der Waals surface area contributed by atoms with Gasteiger partial charge in [-0.2, -0.15) is 0 Å². The van der Waals surface area contributed by atoms with E-state index in [1.165, 1.54) is 7.05 Å². The monoisotopic (exact) mass is 221 g/mol. The van der Waals surface area contributed by atoms with Crippen molar-refractivity contribution >= 4 is 6.03 Å². The van der Waals surface area contributed by atoms with Crippen LogP contribution >= 0.6 is 0 Å². The molecule has 88 valence electrons. The first-order chi connectivity index (χ1) is 7.03. The van der Waals surface area contributed by atoms with Gasteiger partial charge in [0.2, 0.25) is 0 Å². The summed E-state index contributed by atoms with van der Waals surface area (Å²) in [6.45, 7) is 1.93. The van der Waals surface area contributed by atoms with Crippen LogP contribution in [-0.2, 0) is 0 Å². The molecule has 0 aromatic heterocycles. The molecular weight excluding hydrogens is 204 g/mol. The number of halogens is 2. The highest BCUT2D eigenvalue weighted by Gasteiger charge is 2.33. The molecule has 2 amide bonds. The van der Waals surface area contributed by atoms with Crippen LogP contribution in [0.1, 0.15) is 12.8 Å². The number of hydrogen-bond acceptors (Lipinski definition) is 2. The number of hydrogen-bond donors (Lipinski definition) is 2.